The molecule has 0 atom stereocenters. The van der Waals surface area contributed by atoms with Crippen LogP contribution in [0.4, 0.5) is 0 Å². The number of aromatic nitrogens is 2. The zero-order valence-corrected chi connectivity index (χ0v) is 7.21. The summed E-state index contributed by atoms with van der Waals surface area (Å²) >= 11 is 3.35. The molecule has 0 bridgehead atoms. The summed E-state index contributed by atoms with van der Waals surface area (Å²) < 4.78 is 1.71. The van der Waals surface area contributed by atoms with Crippen molar-refractivity contribution in [2.24, 2.45) is 0 Å². The van der Waals surface area contributed by atoms with Crippen LogP contribution in [0.5, 0.6) is 0 Å². The molecule has 0 unspecified atom stereocenters. The number of hydrogen-bond donors (Lipinski definition) is 0. The summed E-state index contributed by atoms with van der Waals surface area (Å²) in [5, 5.41) is 5.01. The molecular formula is C7H9BrN2. The molecule has 54 valence electrons. The highest BCUT2D eigenvalue weighted by Crippen LogP contribution is 2.00. The van der Waals surface area contributed by atoms with E-state index in [9.17, 15) is 0 Å². The van der Waals surface area contributed by atoms with Gasteiger partial charge in [0.2, 0.25) is 0 Å². The third kappa shape index (κ3) is 1.70. The zero-order chi connectivity index (χ0) is 7.40. The second-order valence-corrected chi connectivity index (χ2v) is 2.74. The average molecular weight is 201 g/mol. The highest BCUT2D eigenvalue weighted by molar-refractivity contribution is 9.09. The van der Waals surface area contributed by atoms with Gasteiger partial charge < -0.3 is 0 Å². The van der Waals surface area contributed by atoms with Gasteiger partial charge in [0.25, 0.3) is 0 Å². The van der Waals surface area contributed by atoms with Crippen molar-refractivity contribution in [2.75, 3.05) is 5.33 Å². The van der Waals surface area contributed by atoms with Crippen LogP contribution in [0.25, 0.3) is 6.20 Å². The van der Waals surface area contributed by atoms with E-state index >= 15 is 0 Å². The monoisotopic (exact) mass is 200 g/mol. The van der Waals surface area contributed by atoms with Crippen LogP contribution < -0.4 is 0 Å². The van der Waals surface area contributed by atoms with Gasteiger partial charge in [-0.2, -0.15) is 5.10 Å². The van der Waals surface area contributed by atoms with Gasteiger partial charge in [-0.05, 0) is 12.0 Å². The summed E-state index contributed by atoms with van der Waals surface area (Å²) in [4.78, 5) is 0. The highest BCUT2D eigenvalue weighted by atomic mass is 79.9. The number of halogens is 1. The predicted octanol–water partition coefficient (Wildman–Crippen LogP) is 1.92. The fourth-order valence-corrected chi connectivity index (χ4v) is 1.17. The molecule has 1 aromatic heterocycles. The Morgan fingerprint density at radius 3 is 3.10 bits per heavy atom. The van der Waals surface area contributed by atoms with Crippen molar-refractivity contribution in [3.05, 3.63) is 24.5 Å². The van der Waals surface area contributed by atoms with Crippen LogP contribution in [-0.4, -0.2) is 15.1 Å². The van der Waals surface area contributed by atoms with E-state index in [1.54, 1.807) is 10.9 Å². The van der Waals surface area contributed by atoms with Crippen LogP contribution in [0.3, 0.4) is 0 Å². The van der Waals surface area contributed by atoms with E-state index in [4.69, 9.17) is 0 Å². The molecule has 0 radical (unpaired) electrons. The van der Waals surface area contributed by atoms with Crippen LogP contribution in [0, 0.1) is 0 Å². The number of aryl methyl sites for hydroxylation is 1. The van der Waals surface area contributed by atoms with Crippen molar-refractivity contribution >= 4 is 22.1 Å². The van der Waals surface area contributed by atoms with Gasteiger partial charge in [-0.1, -0.05) is 22.5 Å². The van der Waals surface area contributed by atoms with Crippen molar-refractivity contribution in [3.8, 4) is 0 Å². The minimum absolute atomic E-state index is 0.982. The summed E-state index contributed by atoms with van der Waals surface area (Å²) in [7, 11) is 0. The first-order valence-corrected chi connectivity index (χ1v) is 4.20. The Hall–Kier alpha value is -0.570. The Bertz CT molecular complexity index is 217. The maximum Gasteiger partial charge on any atom is 0.0526 e. The summed E-state index contributed by atoms with van der Waals surface area (Å²) in [6.07, 6.45) is 6.52. The third-order valence-electron chi connectivity index (χ3n) is 1.23. The van der Waals surface area contributed by atoms with E-state index in [1.165, 1.54) is 5.56 Å². The molecule has 1 heterocycles. The van der Waals surface area contributed by atoms with Gasteiger partial charge in [-0.15, -0.1) is 0 Å². The molecule has 0 fully saturated rings. The fraction of sp³-hybridized carbons (Fsp3) is 0.286. The normalized spacial score (nSPS) is 9.70. The fourth-order valence-electron chi connectivity index (χ4n) is 0.715. The van der Waals surface area contributed by atoms with Gasteiger partial charge >= 0.3 is 0 Å². The van der Waals surface area contributed by atoms with Gasteiger partial charge in [0.15, 0.2) is 0 Å². The van der Waals surface area contributed by atoms with Crippen molar-refractivity contribution in [3.63, 3.8) is 0 Å². The Morgan fingerprint density at radius 1 is 1.80 bits per heavy atom. The standard InChI is InChI=1S/C7H9BrN2/c1-2-10-6-7(3-4-8)5-9-10/h2,5-6H,1,3-4H2. The Labute approximate surface area is 68.7 Å². The van der Waals surface area contributed by atoms with Gasteiger partial charge in [-0.3, -0.25) is 0 Å². The molecule has 0 amide bonds. The second kappa shape index (κ2) is 3.56. The van der Waals surface area contributed by atoms with Gasteiger partial charge in [0.1, 0.15) is 0 Å². The molecule has 3 heteroatoms. The quantitative estimate of drug-likeness (QED) is 0.683. The predicted molar refractivity (Wildman–Crippen MR) is 46.1 cm³/mol. The van der Waals surface area contributed by atoms with Crippen LogP contribution in [0.2, 0.25) is 0 Å². The van der Waals surface area contributed by atoms with Gasteiger partial charge in [0, 0.05) is 17.7 Å². The first kappa shape index (κ1) is 7.54. The molecule has 1 rings (SSSR count). The summed E-state index contributed by atoms with van der Waals surface area (Å²) in [5.41, 5.74) is 1.23. The highest BCUT2D eigenvalue weighted by Gasteiger charge is 1.92. The maximum atomic E-state index is 4.03. The molecule has 10 heavy (non-hydrogen) atoms. The Kier molecular flexibility index (Phi) is 2.68. The zero-order valence-electron chi connectivity index (χ0n) is 5.63. The van der Waals surface area contributed by atoms with E-state index < -0.39 is 0 Å². The molecule has 0 saturated heterocycles. The van der Waals surface area contributed by atoms with Gasteiger partial charge in [0.05, 0.1) is 6.20 Å². The minimum Gasteiger partial charge on any atom is -0.249 e. The lowest BCUT2D eigenvalue weighted by atomic mass is 10.3. The van der Waals surface area contributed by atoms with E-state index in [2.05, 4.69) is 27.6 Å². The van der Waals surface area contributed by atoms with Crippen LogP contribution in [0.1, 0.15) is 5.56 Å². The molecule has 0 aliphatic carbocycles. The molecule has 0 saturated carbocycles. The average Bonchev–Trinajstić information content (AvgIpc) is 2.37. The lowest BCUT2D eigenvalue weighted by Gasteiger charge is -1.86. The molecule has 0 aliphatic rings. The second-order valence-electron chi connectivity index (χ2n) is 1.95. The molecule has 0 aromatic carbocycles. The Morgan fingerprint density at radius 2 is 2.60 bits per heavy atom. The van der Waals surface area contributed by atoms with Gasteiger partial charge in [-0.25, -0.2) is 4.68 Å². The largest absolute Gasteiger partial charge is 0.249 e. The molecule has 1 aromatic rings. The lowest BCUT2D eigenvalue weighted by molar-refractivity contribution is 0.936. The number of rotatable bonds is 3. The third-order valence-corrected chi connectivity index (χ3v) is 1.62. The molecular weight excluding hydrogens is 192 g/mol. The van der Waals surface area contributed by atoms with E-state index in [1.807, 2.05) is 12.4 Å². The van der Waals surface area contributed by atoms with E-state index in [0.29, 0.717) is 0 Å². The SMILES string of the molecule is C=Cn1cc(CCBr)cn1. The first-order chi connectivity index (χ1) is 4.86. The maximum absolute atomic E-state index is 4.03. The van der Waals surface area contributed by atoms with E-state index in [0.717, 1.165) is 11.8 Å². The van der Waals surface area contributed by atoms with Crippen LogP contribution in [-0.2, 0) is 6.42 Å². The van der Waals surface area contributed by atoms with Crippen molar-refractivity contribution in [1.82, 2.24) is 9.78 Å². The van der Waals surface area contributed by atoms with Crippen molar-refractivity contribution < 1.29 is 0 Å². The smallest absolute Gasteiger partial charge is 0.0526 e. The molecule has 0 aliphatic heterocycles. The molecule has 0 N–H and O–H groups in total. The Balaban J connectivity index is 2.68. The van der Waals surface area contributed by atoms with Crippen molar-refractivity contribution in [2.45, 2.75) is 6.42 Å². The number of hydrogen-bond acceptors (Lipinski definition) is 1. The van der Waals surface area contributed by atoms with Crippen LogP contribution >= 0.6 is 15.9 Å². The number of nitrogens with zero attached hydrogens (tertiary/aromatic N) is 2. The lowest BCUT2D eigenvalue weighted by Crippen LogP contribution is -1.83. The topological polar surface area (TPSA) is 17.8 Å². The number of alkyl halides is 1. The summed E-state index contributed by atoms with van der Waals surface area (Å²) in [6, 6.07) is 0. The molecule has 0 spiro atoms. The summed E-state index contributed by atoms with van der Waals surface area (Å²) in [5.74, 6) is 0. The summed E-state index contributed by atoms with van der Waals surface area (Å²) in [6.45, 7) is 3.59. The van der Waals surface area contributed by atoms with Crippen molar-refractivity contribution in [1.29, 1.82) is 0 Å². The first-order valence-electron chi connectivity index (χ1n) is 3.08. The van der Waals surface area contributed by atoms with E-state index in [-0.39, 0.29) is 0 Å². The minimum atomic E-state index is 0.982. The van der Waals surface area contributed by atoms with Crippen LogP contribution in [0.15, 0.2) is 19.0 Å². The molecule has 2 nitrogen and oxygen atoms in total.